The number of nitrogens with zero attached hydrogens (tertiary/aromatic N) is 2. The van der Waals surface area contributed by atoms with Crippen LogP contribution in [0.3, 0.4) is 0 Å². The molecule has 4 nitrogen and oxygen atoms in total. The highest BCUT2D eigenvalue weighted by Gasteiger charge is 2.30. The fourth-order valence-corrected chi connectivity index (χ4v) is 2.81. The van der Waals surface area contributed by atoms with Crippen LogP contribution in [-0.2, 0) is 12.8 Å². The minimum atomic E-state index is 0.313. The second kappa shape index (κ2) is 4.63. The van der Waals surface area contributed by atoms with Gasteiger partial charge in [-0.1, -0.05) is 31.2 Å². The number of aromatic nitrogens is 2. The van der Waals surface area contributed by atoms with Crippen LogP contribution in [0.15, 0.2) is 24.3 Å². The largest absolute Gasteiger partial charge is 0.308 e. The van der Waals surface area contributed by atoms with Crippen molar-refractivity contribution in [3.8, 4) is 0 Å². The Kier molecular flexibility index (Phi) is 2.95. The number of aryl methyl sites for hydroxylation is 1. The van der Waals surface area contributed by atoms with Gasteiger partial charge in [0.1, 0.15) is 11.6 Å². The molecule has 3 N–H and O–H groups in total. The molecule has 3 rings (SSSR count). The molecule has 1 unspecified atom stereocenters. The highest BCUT2D eigenvalue weighted by atomic mass is 15.3. The average Bonchev–Trinajstić information content (AvgIpc) is 2.39. The van der Waals surface area contributed by atoms with Crippen LogP contribution in [0.5, 0.6) is 0 Å². The third-order valence-electron chi connectivity index (χ3n) is 3.89. The third kappa shape index (κ3) is 1.88. The summed E-state index contributed by atoms with van der Waals surface area (Å²) in [5.41, 5.74) is 7.56. The molecule has 1 heterocycles. The molecule has 19 heavy (non-hydrogen) atoms. The number of hydrazine groups is 1. The van der Waals surface area contributed by atoms with Gasteiger partial charge in [0.25, 0.3) is 0 Å². The zero-order chi connectivity index (χ0) is 13.4. The predicted octanol–water partition coefficient (Wildman–Crippen LogP) is 2.32. The first kappa shape index (κ1) is 12.1. The summed E-state index contributed by atoms with van der Waals surface area (Å²) in [5.74, 6) is 7.53. The molecule has 1 aliphatic carbocycles. The fourth-order valence-electron chi connectivity index (χ4n) is 2.81. The van der Waals surface area contributed by atoms with Crippen LogP contribution in [0.25, 0.3) is 0 Å². The molecule has 0 amide bonds. The van der Waals surface area contributed by atoms with E-state index in [9.17, 15) is 0 Å². The molecular formula is C15H18N4. The predicted molar refractivity (Wildman–Crippen MR) is 75.9 cm³/mol. The number of benzene rings is 1. The lowest BCUT2D eigenvalue weighted by molar-refractivity contribution is 0.654. The Morgan fingerprint density at radius 2 is 2.11 bits per heavy atom. The maximum absolute atomic E-state index is 5.58. The lowest BCUT2D eigenvalue weighted by Gasteiger charge is -2.29. The number of nitrogens with two attached hydrogens (primary N) is 1. The summed E-state index contributed by atoms with van der Waals surface area (Å²) in [6.07, 6.45) is 1.90. The lowest BCUT2D eigenvalue weighted by atomic mass is 9.77. The van der Waals surface area contributed by atoms with Gasteiger partial charge in [-0.05, 0) is 30.9 Å². The van der Waals surface area contributed by atoms with Gasteiger partial charge in [-0.15, -0.1) is 0 Å². The van der Waals surface area contributed by atoms with E-state index in [0.29, 0.717) is 5.92 Å². The van der Waals surface area contributed by atoms with E-state index in [0.717, 1.165) is 35.7 Å². The lowest BCUT2D eigenvalue weighted by Crippen LogP contribution is -2.23. The van der Waals surface area contributed by atoms with E-state index in [1.165, 1.54) is 11.1 Å². The SMILES string of the molecule is CCc1c(C)nc(C2Cc3ccccc32)nc1NN. The van der Waals surface area contributed by atoms with E-state index in [1.807, 2.05) is 6.92 Å². The molecule has 0 spiro atoms. The normalized spacial score (nSPS) is 16.7. The Hall–Kier alpha value is -1.94. The highest BCUT2D eigenvalue weighted by Crippen LogP contribution is 2.39. The number of rotatable bonds is 3. The van der Waals surface area contributed by atoms with Gasteiger partial charge in [0, 0.05) is 17.2 Å². The Bertz CT molecular complexity index is 622. The second-order valence-electron chi connectivity index (χ2n) is 4.95. The average molecular weight is 254 g/mol. The number of hydrogen-bond acceptors (Lipinski definition) is 4. The van der Waals surface area contributed by atoms with Gasteiger partial charge in [0.15, 0.2) is 0 Å². The van der Waals surface area contributed by atoms with Crippen LogP contribution in [0.2, 0.25) is 0 Å². The number of nitrogens with one attached hydrogen (secondary N) is 1. The number of nitrogen functional groups attached to an aromatic ring is 1. The molecule has 0 bridgehead atoms. The summed E-state index contributed by atoms with van der Waals surface area (Å²) >= 11 is 0. The molecular weight excluding hydrogens is 236 g/mol. The van der Waals surface area contributed by atoms with Crippen LogP contribution >= 0.6 is 0 Å². The molecule has 1 aromatic heterocycles. The van der Waals surface area contributed by atoms with E-state index in [1.54, 1.807) is 0 Å². The number of fused-ring (bicyclic) bond motifs is 1. The van der Waals surface area contributed by atoms with Crippen molar-refractivity contribution in [1.82, 2.24) is 9.97 Å². The number of hydrogen-bond donors (Lipinski definition) is 2. The summed E-state index contributed by atoms with van der Waals surface area (Å²) in [7, 11) is 0. The maximum Gasteiger partial charge on any atom is 0.147 e. The van der Waals surface area contributed by atoms with Gasteiger partial charge in [0.2, 0.25) is 0 Å². The highest BCUT2D eigenvalue weighted by molar-refractivity contribution is 5.49. The molecule has 1 atom stereocenters. The van der Waals surface area contributed by atoms with Gasteiger partial charge in [0.05, 0.1) is 0 Å². The van der Waals surface area contributed by atoms with Crippen molar-refractivity contribution in [3.63, 3.8) is 0 Å². The van der Waals surface area contributed by atoms with Crippen molar-refractivity contribution >= 4 is 5.82 Å². The second-order valence-corrected chi connectivity index (χ2v) is 4.95. The first-order chi connectivity index (χ1) is 9.24. The molecule has 2 aromatic rings. The monoisotopic (exact) mass is 254 g/mol. The summed E-state index contributed by atoms with van der Waals surface area (Å²) in [5, 5.41) is 0. The Balaban J connectivity index is 2.02. The molecule has 0 saturated carbocycles. The van der Waals surface area contributed by atoms with Crippen molar-refractivity contribution in [3.05, 3.63) is 52.5 Å². The summed E-state index contributed by atoms with van der Waals surface area (Å²) in [6, 6.07) is 8.47. The van der Waals surface area contributed by atoms with Crippen molar-refractivity contribution in [1.29, 1.82) is 0 Å². The van der Waals surface area contributed by atoms with Gasteiger partial charge in [-0.3, -0.25) is 0 Å². The Morgan fingerprint density at radius 1 is 1.32 bits per heavy atom. The van der Waals surface area contributed by atoms with Gasteiger partial charge in [-0.25, -0.2) is 15.8 Å². The smallest absolute Gasteiger partial charge is 0.147 e. The molecule has 1 aliphatic rings. The molecule has 0 saturated heterocycles. The zero-order valence-corrected chi connectivity index (χ0v) is 11.3. The minimum Gasteiger partial charge on any atom is -0.308 e. The van der Waals surface area contributed by atoms with Crippen molar-refractivity contribution < 1.29 is 0 Å². The first-order valence-corrected chi connectivity index (χ1v) is 6.66. The van der Waals surface area contributed by atoms with Crippen molar-refractivity contribution in [2.75, 3.05) is 5.43 Å². The van der Waals surface area contributed by atoms with E-state index in [4.69, 9.17) is 5.84 Å². The first-order valence-electron chi connectivity index (χ1n) is 6.66. The number of anilines is 1. The topological polar surface area (TPSA) is 63.8 Å². The van der Waals surface area contributed by atoms with E-state index >= 15 is 0 Å². The van der Waals surface area contributed by atoms with Gasteiger partial charge < -0.3 is 5.43 Å². The summed E-state index contributed by atoms with van der Waals surface area (Å²) in [6.45, 7) is 4.11. The van der Waals surface area contributed by atoms with Crippen LogP contribution < -0.4 is 11.3 Å². The van der Waals surface area contributed by atoms with Crippen LogP contribution in [0.4, 0.5) is 5.82 Å². The molecule has 4 heteroatoms. The van der Waals surface area contributed by atoms with Crippen LogP contribution in [-0.4, -0.2) is 9.97 Å². The van der Waals surface area contributed by atoms with Gasteiger partial charge in [-0.2, -0.15) is 0 Å². The fraction of sp³-hybridized carbons (Fsp3) is 0.333. The Morgan fingerprint density at radius 3 is 2.79 bits per heavy atom. The van der Waals surface area contributed by atoms with Crippen LogP contribution in [0, 0.1) is 6.92 Å². The third-order valence-corrected chi connectivity index (χ3v) is 3.89. The zero-order valence-electron chi connectivity index (χ0n) is 11.3. The van der Waals surface area contributed by atoms with Crippen LogP contribution in [0.1, 0.15) is 41.1 Å². The van der Waals surface area contributed by atoms with E-state index in [-0.39, 0.29) is 0 Å². The summed E-state index contributed by atoms with van der Waals surface area (Å²) < 4.78 is 0. The summed E-state index contributed by atoms with van der Waals surface area (Å²) in [4.78, 5) is 9.26. The maximum atomic E-state index is 5.58. The van der Waals surface area contributed by atoms with E-state index < -0.39 is 0 Å². The quantitative estimate of drug-likeness (QED) is 0.651. The van der Waals surface area contributed by atoms with Gasteiger partial charge >= 0.3 is 0 Å². The molecule has 0 radical (unpaired) electrons. The van der Waals surface area contributed by atoms with E-state index in [2.05, 4.69) is 46.6 Å². The van der Waals surface area contributed by atoms with Crippen molar-refractivity contribution in [2.45, 2.75) is 32.6 Å². The van der Waals surface area contributed by atoms with Crippen molar-refractivity contribution in [2.24, 2.45) is 5.84 Å². The minimum absolute atomic E-state index is 0.313. The standard InChI is InChI=1S/C15H18N4/c1-3-11-9(2)17-14(18-15(11)19-16)13-8-10-6-4-5-7-12(10)13/h4-7,13H,3,8,16H2,1-2H3,(H,17,18,19). The Labute approximate surface area is 113 Å². The molecule has 0 aliphatic heterocycles. The molecule has 98 valence electrons. The molecule has 0 fully saturated rings. The molecule has 1 aromatic carbocycles.